The summed E-state index contributed by atoms with van der Waals surface area (Å²) < 4.78 is 5.37. The Kier molecular flexibility index (Phi) is 5.45. The Bertz CT molecular complexity index is 670. The number of nitrogens with one attached hydrogen (secondary N) is 1. The lowest BCUT2D eigenvalue weighted by Crippen LogP contribution is -2.28. The highest BCUT2D eigenvalue weighted by Crippen LogP contribution is 2.26. The fourth-order valence-corrected chi connectivity index (χ4v) is 2.58. The fourth-order valence-electron chi connectivity index (χ4n) is 2.38. The summed E-state index contributed by atoms with van der Waals surface area (Å²) in [5.41, 5.74) is 2.92. The Labute approximate surface area is 136 Å². The van der Waals surface area contributed by atoms with Gasteiger partial charge in [-0.3, -0.25) is 4.79 Å². The molecule has 1 unspecified atom stereocenters. The van der Waals surface area contributed by atoms with Crippen LogP contribution in [0.2, 0.25) is 5.02 Å². The van der Waals surface area contributed by atoms with Gasteiger partial charge in [0, 0.05) is 10.6 Å². The SMILES string of the molecule is COc1ccc(C)cc1C(C)NC(=O)Cc1ccccc1Cl. The van der Waals surface area contributed by atoms with E-state index in [-0.39, 0.29) is 18.4 Å². The minimum Gasteiger partial charge on any atom is -0.496 e. The van der Waals surface area contributed by atoms with Gasteiger partial charge in [0.05, 0.1) is 19.6 Å². The molecule has 0 saturated carbocycles. The molecule has 1 N–H and O–H groups in total. The molecule has 0 aliphatic heterocycles. The van der Waals surface area contributed by atoms with Gasteiger partial charge in [0.25, 0.3) is 0 Å². The van der Waals surface area contributed by atoms with Crippen molar-refractivity contribution in [2.24, 2.45) is 0 Å². The van der Waals surface area contributed by atoms with E-state index in [9.17, 15) is 4.79 Å². The van der Waals surface area contributed by atoms with E-state index in [1.54, 1.807) is 13.2 Å². The van der Waals surface area contributed by atoms with E-state index in [2.05, 4.69) is 5.32 Å². The number of benzene rings is 2. The van der Waals surface area contributed by atoms with Crippen molar-refractivity contribution in [1.29, 1.82) is 0 Å². The highest BCUT2D eigenvalue weighted by atomic mass is 35.5. The Balaban J connectivity index is 2.09. The number of halogens is 1. The molecule has 0 aliphatic rings. The number of carbonyl (C=O) groups excluding carboxylic acids is 1. The third-order valence-corrected chi connectivity index (χ3v) is 3.91. The van der Waals surface area contributed by atoms with Crippen molar-refractivity contribution in [3.63, 3.8) is 0 Å². The van der Waals surface area contributed by atoms with E-state index in [4.69, 9.17) is 16.3 Å². The summed E-state index contributed by atoms with van der Waals surface area (Å²) in [6.07, 6.45) is 0.262. The molecule has 4 heteroatoms. The van der Waals surface area contributed by atoms with Gasteiger partial charge >= 0.3 is 0 Å². The van der Waals surface area contributed by atoms with E-state index >= 15 is 0 Å². The average Bonchev–Trinajstić information content (AvgIpc) is 2.49. The van der Waals surface area contributed by atoms with Gasteiger partial charge in [-0.25, -0.2) is 0 Å². The van der Waals surface area contributed by atoms with E-state index in [1.165, 1.54) is 0 Å². The van der Waals surface area contributed by atoms with Crippen LogP contribution < -0.4 is 10.1 Å². The standard InChI is InChI=1S/C18H20ClNO2/c1-12-8-9-17(22-3)15(10-12)13(2)20-18(21)11-14-6-4-5-7-16(14)19/h4-10,13H,11H2,1-3H3,(H,20,21). The highest BCUT2D eigenvalue weighted by Gasteiger charge is 2.15. The molecule has 0 fully saturated rings. The molecule has 2 aromatic rings. The van der Waals surface area contributed by atoms with Crippen molar-refractivity contribution >= 4 is 17.5 Å². The predicted octanol–water partition coefficient (Wildman–Crippen LogP) is 4.08. The number of amides is 1. The normalized spacial score (nSPS) is 11.8. The lowest BCUT2D eigenvalue weighted by Gasteiger charge is -2.18. The summed E-state index contributed by atoms with van der Waals surface area (Å²) >= 11 is 6.09. The molecule has 3 nitrogen and oxygen atoms in total. The Morgan fingerprint density at radius 1 is 1.27 bits per heavy atom. The zero-order valence-electron chi connectivity index (χ0n) is 13.0. The Morgan fingerprint density at radius 3 is 2.68 bits per heavy atom. The van der Waals surface area contributed by atoms with Crippen molar-refractivity contribution in [2.75, 3.05) is 7.11 Å². The first-order valence-corrected chi connectivity index (χ1v) is 7.56. The Hall–Kier alpha value is -2.00. The van der Waals surface area contributed by atoms with Gasteiger partial charge in [-0.05, 0) is 31.5 Å². The maximum Gasteiger partial charge on any atom is 0.224 e. The first kappa shape index (κ1) is 16.4. The number of rotatable bonds is 5. The maximum absolute atomic E-state index is 12.2. The monoisotopic (exact) mass is 317 g/mol. The van der Waals surface area contributed by atoms with Crippen molar-refractivity contribution in [2.45, 2.75) is 26.3 Å². The molecule has 0 heterocycles. The largest absolute Gasteiger partial charge is 0.496 e. The summed E-state index contributed by atoms with van der Waals surface area (Å²) in [5, 5.41) is 3.61. The molecule has 1 atom stereocenters. The number of ether oxygens (including phenoxy) is 1. The molecule has 0 spiro atoms. The molecular formula is C18H20ClNO2. The number of aryl methyl sites for hydroxylation is 1. The van der Waals surface area contributed by atoms with Crippen LogP contribution >= 0.6 is 11.6 Å². The molecule has 1 amide bonds. The van der Waals surface area contributed by atoms with E-state index in [1.807, 2.05) is 50.2 Å². The van der Waals surface area contributed by atoms with Gasteiger partial charge in [-0.1, -0.05) is 47.5 Å². The average molecular weight is 318 g/mol. The number of hydrogen-bond donors (Lipinski definition) is 1. The van der Waals surface area contributed by atoms with Crippen molar-refractivity contribution in [3.8, 4) is 5.75 Å². The molecule has 0 bridgehead atoms. The van der Waals surface area contributed by atoms with Gasteiger partial charge < -0.3 is 10.1 Å². The first-order valence-electron chi connectivity index (χ1n) is 7.18. The summed E-state index contributed by atoms with van der Waals surface area (Å²) in [7, 11) is 1.63. The van der Waals surface area contributed by atoms with Gasteiger partial charge in [-0.15, -0.1) is 0 Å². The maximum atomic E-state index is 12.2. The summed E-state index contributed by atoms with van der Waals surface area (Å²) in [6, 6.07) is 13.2. The van der Waals surface area contributed by atoms with Gasteiger partial charge in [0.1, 0.15) is 5.75 Å². The minimum atomic E-state index is -0.134. The Morgan fingerprint density at radius 2 is 2.00 bits per heavy atom. The van der Waals surface area contributed by atoms with Crippen molar-refractivity contribution in [3.05, 3.63) is 64.2 Å². The zero-order valence-corrected chi connectivity index (χ0v) is 13.8. The molecule has 2 aromatic carbocycles. The molecular weight excluding hydrogens is 298 g/mol. The van der Waals surface area contributed by atoms with Crippen LogP contribution in [0.15, 0.2) is 42.5 Å². The number of hydrogen-bond acceptors (Lipinski definition) is 2. The molecule has 22 heavy (non-hydrogen) atoms. The molecule has 2 rings (SSSR count). The first-order chi connectivity index (χ1) is 10.5. The van der Waals surface area contributed by atoms with Crippen LogP contribution in [0, 0.1) is 6.92 Å². The summed E-state index contributed by atoms with van der Waals surface area (Å²) in [5.74, 6) is 0.709. The van der Waals surface area contributed by atoms with Crippen LogP contribution in [0.1, 0.15) is 29.7 Å². The lowest BCUT2D eigenvalue weighted by molar-refractivity contribution is -0.121. The smallest absolute Gasteiger partial charge is 0.224 e. The van der Waals surface area contributed by atoms with E-state index < -0.39 is 0 Å². The van der Waals surface area contributed by atoms with Crippen LogP contribution in [0.4, 0.5) is 0 Å². The van der Waals surface area contributed by atoms with E-state index in [0.717, 1.165) is 22.4 Å². The van der Waals surface area contributed by atoms with Crippen molar-refractivity contribution in [1.82, 2.24) is 5.32 Å². The van der Waals surface area contributed by atoms with Crippen LogP contribution in [0.25, 0.3) is 0 Å². The molecule has 0 aliphatic carbocycles. The molecule has 0 saturated heterocycles. The molecule has 0 aromatic heterocycles. The quantitative estimate of drug-likeness (QED) is 0.902. The fraction of sp³-hybridized carbons (Fsp3) is 0.278. The predicted molar refractivity (Wildman–Crippen MR) is 89.4 cm³/mol. The molecule has 0 radical (unpaired) electrons. The third kappa shape index (κ3) is 4.01. The van der Waals surface area contributed by atoms with Gasteiger partial charge in [-0.2, -0.15) is 0 Å². The van der Waals surface area contributed by atoms with Crippen LogP contribution in [-0.2, 0) is 11.2 Å². The lowest BCUT2D eigenvalue weighted by atomic mass is 10.0. The zero-order chi connectivity index (χ0) is 16.1. The second-order valence-electron chi connectivity index (χ2n) is 5.30. The van der Waals surface area contributed by atoms with Crippen LogP contribution in [0.5, 0.6) is 5.75 Å². The third-order valence-electron chi connectivity index (χ3n) is 3.54. The molecule has 116 valence electrons. The second-order valence-corrected chi connectivity index (χ2v) is 5.71. The van der Waals surface area contributed by atoms with Crippen molar-refractivity contribution < 1.29 is 9.53 Å². The number of methoxy groups -OCH3 is 1. The van der Waals surface area contributed by atoms with E-state index in [0.29, 0.717) is 5.02 Å². The second kappa shape index (κ2) is 7.32. The highest BCUT2D eigenvalue weighted by molar-refractivity contribution is 6.31. The minimum absolute atomic E-state index is 0.0656. The number of carbonyl (C=O) groups is 1. The summed E-state index contributed by atoms with van der Waals surface area (Å²) in [4.78, 5) is 12.2. The van der Waals surface area contributed by atoms with Crippen LogP contribution in [-0.4, -0.2) is 13.0 Å². The topological polar surface area (TPSA) is 38.3 Å². The van der Waals surface area contributed by atoms with Crippen LogP contribution in [0.3, 0.4) is 0 Å². The van der Waals surface area contributed by atoms with Gasteiger partial charge in [0.2, 0.25) is 5.91 Å². The summed E-state index contributed by atoms with van der Waals surface area (Å²) in [6.45, 7) is 3.96. The van der Waals surface area contributed by atoms with Gasteiger partial charge in [0.15, 0.2) is 0 Å².